The molecule has 1 aliphatic rings. The molecule has 0 amide bonds. The first-order valence-electron chi connectivity index (χ1n) is 2.85. The molecule has 0 aromatic heterocycles. The quantitative estimate of drug-likeness (QED) is 0.428. The molecule has 0 saturated carbocycles. The molecule has 0 radical (unpaired) electrons. The van der Waals surface area contributed by atoms with Crippen molar-refractivity contribution in [1.29, 1.82) is 0 Å². The van der Waals surface area contributed by atoms with E-state index < -0.39 is 0 Å². The van der Waals surface area contributed by atoms with Crippen LogP contribution in [0.2, 0.25) is 0 Å². The van der Waals surface area contributed by atoms with Gasteiger partial charge in [0.15, 0.2) is 0 Å². The number of alkyl halides is 1. The largest absolute Gasteiger partial charge is 0.464 e. The van der Waals surface area contributed by atoms with Crippen molar-refractivity contribution < 1.29 is 9.53 Å². The van der Waals surface area contributed by atoms with Crippen molar-refractivity contribution >= 4 is 21.9 Å². The van der Waals surface area contributed by atoms with Crippen LogP contribution in [0.25, 0.3) is 0 Å². The van der Waals surface area contributed by atoms with Crippen molar-refractivity contribution in [3.05, 3.63) is 0 Å². The molecule has 0 N–H and O–H groups in total. The fourth-order valence-corrected chi connectivity index (χ4v) is 0.987. The second-order valence-corrected chi connectivity index (χ2v) is 3.87. The predicted molar refractivity (Wildman–Crippen MR) is 37.5 cm³/mol. The van der Waals surface area contributed by atoms with E-state index in [0.29, 0.717) is 6.61 Å². The Bertz CT molecular complexity index is 142. The second kappa shape index (κ2) is 1.97. The van der Waals surface area contributed by atoms with Gasteiger partial charge < -0.3 is 4.74 Å². The zero-order valence-electron chi connectivity index (χ0n) is 5.48. The molecule has 0 unspecified atom stereocenters. The Balaban J connectivity index is 2.73. The van der Waals surface area contributed by atoms with E-state index in [0.717, 1.165) is 0 Å². The van der Waals surface area contributed by atoms with Crippen LogP contribution in [-0.2, 0) is 9.53 Å². The van der Waals surface area contributed by atoms with Crippen molar-refractivity contribution in [2.24, 2.45) is 5.41 Å². The summed E-state index contributed by atoms with van der Waals surface area (Å²) < 4.78 is 4.79. The van der Waals surface area contributed by atoms with E-state index >= 15 is 0 Å². The van der Waals surface area contributed by atoms with Crippen molar-refractivity contribution in [2.75, 3.05) is 6.61 Å². The lowest BCUT2D eigenvalue weighted by Gasteiger charge is -2.15. The second-order valence-electron chi connectivity index (χ2n) is 2.96. The van der Waals surface area contributed by atoms with Gasteiger partial charge in [0.05, 0.1) is 6.61 Å². The van der Waals surface area contributed by atoms with Crippen LogP contribution in [0.1, 0.15) is 13.8 Å². The summed E-state index contributed by atoms with van der Waals surface area (Å²) in [6.07, 6.45) is 0. The summed E-state index contributed by atoms with van der Waals surface area (Å²) in [7, 11) is 0. The van der Waals surface area contributed by atoms with Crippen LogP contribution in [0.4, 0.5) is 0 Å². The number of esters is 1. The highest BCUT2D eigenvalue weighted by Gasteiger charge is 2.41. The Hall–Kier alpha value is -0.0500. The number of carbonyl (C=O) groups excluding carboxylic acids is 1. The molecular formula is C6H9BrO2. The van der Waals surface area contributed by atoms with Gasteiger partial charge in [-0.2, -0.15) is 0 Å². The molecule has 1 atom stereocenters. The normalized spacial score (nSPS) is 32.3. The minimum absolute atomic E-state index is 0.0307. The van der Waals surface area contributed by atoms with Gasteiger partial charge in [-0.05, 0) is 0 Å². The summed E-state index contributed by atoms with van der Waals surface area (Å²) in [5.41, 5.74) is -0.0307. The minimum Gasteiger partial charge on any atom is -0.464 e. The lowest BCUT2D eigenvalue weighted by atomic mass is 9.93. The van der Waals surface area contributed by atoms with E-state index in [-0.39, 0.29) is 16.2 Å². The number of halogens is 1. The Morgan fingerprint density at radius 1 is 1.78 bits per heavy atom. The maximum atomic E-state index is 10.7. The SMILES string of the molecule is CC1(C)COC(=O)[C@@H]1Br. The Labute approximate surface area is 62.7 Å². The molecule has 0 aliphatic carbocycles. The van der Waals surface area contributed by atoms with Crippen molar-refractivity contribution in [1.82, 2.24) is 0 Å². The van der Waals surface area contributed by atoms with Crippen molar-refractivity contribution in [2.45, 2.75) is 18.7 Å². The summed E-state index contributed by atoms with van der Waals surface area (Å²) >= 11 is 3.25. The smallest absolute Gasteiger partial charge is 0.320 e. The van der Waals surface area contributed by atoms with E-state index in [1.54, 1.807) is 0 Å². The molecule has 1 rings (SSSR count). The van der Waals surface area contributed by atoms with E-state index in [1.165, 1.54) is 0 Å². The predicted octanol–water partition coefficient (Wildman–Crippen LogP) is 1.33. The zero-order valence-corrected chi connectivity index (χ0v) is 7.06. The van der Waals surface area contributed by atoms with Crippen LogP contribution in [0.15, 0.2) is 0 Å². The molecule has 1 aliphatic heterocycles. The van der Waals surface area contributed by atoms with Gasteiger partial charge in [-0.1, -0.05) is 29.8 Å². The Morgan fingerprint density at radius 3 is 2.44 bits per heavy atom. The first-order chi connectivity index (χ1) is 4.04. The highest BCUT2D eigenvalue weighted by molar-refractivity contribution is 9.10. The van der Waals surface area contributed by atoms with Crippen molar-refractivity contribution in [3.63, 3.8) is 0 Å². The third-order valence-electron chi connectivity index (χ3n) is 1.48. The van der Waals surface area contributed by atoms with Crippen LogP contribution in [0.5, 0.6) is 0 Å². The monoisotopic (exact) mass is 192 g/mol. The first-order valence-corrected chi connectivity index (χ1v) is 3.76. The first kappa shape index (κ1) is 7.06. The average molecular weight is 193 g/mol. The zero-order chi connectivity index (χ0) is 7.07. The maximum absolute atomic E-state index is 10.7. The van der Waals surface area contributed by atoms with Crippen LogP contribution in [0, 0.1) is 5.41 Å². The fraction of sp³-hybridized carbons (Fsp3) is 0.833. The van der Waals surface area contributed by atoms with Crippen LogP contribution in [0.3, 0.4) is 0 Å². The lowest BCUT2D eigenvalue weighted by Crippen LogP contribution is -2.23. The maximum Gasteiger partial charge on any atom is 0.320 e. The van der Waals surface area contributed by atoms with Crippen LogP contribution in [-0.4, -0.2) is 17.4 Å². The van der Waals surface area contributed by atoms with Gasteiger partial charge in [0, 0.05) is 5.41 Å². The molecule has 1 fully saturated rings. The van der Waals surface area contributed by atoms with E-state index in [4.69, 9.17) is 4.74 Å². The van der Waals surface area contributed by atoms with Gasteiger partial charge in [-0.15, -0.1) is 0 Å². The number of rotatable bonds is 0. The molecule has 0 aromatic carbocycles. The number of carbonyl (C=O) groups is 1. The van der Waals surface area contributed by atoms with E-state index in [1.807, 2.05) is 13.8 Å². The number of hydrogen-bond donors (Lipinski definition) is 0. The number of ether oxygens (including phenoxy) is 1. The average Bonchev–Trinajstić information content (AvgIpc) is 1.97. The van der Waals surface area contributed by atoms with Crippen LogP contribution >= 0.6 is 15.9 Å². The van der Waals surface area contributed by atoms with Gasteiger partial charge in [-0.25, -0.2) is 0 Å². The standard InChI is InChI=1S/C6H9BrO2/c1-6(2)3-9-5(8)4(6)7/h4H,3H2,1-2H3/t4-/m0/s1. The topological polar surface area (TPSA) is 26.3 Å². The third kappa shape index (κ3) is 1.11. The van der Waals surface area contributed by atoms with Gasteiger partial charge in [0.1, 0.15) is 4.83 Å². The van der Waals surface area contributed by atoms with Gasteiger partial charge in [0.2, 0.25) is 0 Å². The lowest BCUT2D eigenvalue weighted by molar-refractivity contribution is -0.137. The van der Waals surface area contributed by atoms with Gasteiger partial charge >= 0.3 is 5.97 Å². The molecular weight excluding hydrogens is 184 g/mol. The molecule has 52 valence electrons. The Morgan fingerprint density at radius 2 is 2.33 bits per heavy atom. The Kier molecular flexibility index (Phi) is 1.55. The van der Waals surface area contributed by atoms with Crippen LogP contribution < -0.4 is 0 Å². The molecule has 2 nitrogen and oxygen atoms in total. The molecule has 0 bridgehead atoms. The number of hydrogen-bond acceptors (Lipinski definition) is 2. The fourth-order valence-electron chi connectivity index (χ4n) is 0.722. The summed E-state index contributed by atoms with van der Waals surface area (Å²) in [4.78, 5) is 10.6. The summed E-state index contributed by atoms with van der Waals surface area (Å²) in [5.74, 6) is -0.139. The molecule has 3 heteroatoms. The van der Waals surface area contributed by atoms with E-state index in [2.05, 4.69) is 15.9 Å². The third-order valence-corrected chi connectivity index (χ3v) is 3.09. The molecule has 1 heterocycles. The molecule has 0 aromatic rings. The van der Waals surface area contributed by atoms with Crippen molar-refractivity contribution in [3.8, 4) is 0 Å². The summed E-state index contributed by atoms with van der Waals surface area (Å²) in [6.45, 7) is 4.52. The number of cyclic esters (lactones) is 1. The summed E-state index contributed by atoms with van der Waals surface area (Å²) in [5, 5.41) is 0. The summed E-state index contributed by atoms with van der Waals surface area (Å²) in [6, 6.07) is 0. The highest BCUT2D eigenvalue weighted by Crippen LogP contribution is 2.33. The van der Waals surface area contributed by atoms with E-state index in [9.17, 15) is 4.79 Å². The molecule has 9 heavy (non-hydrogen) atoms. The molecule has 1 saturated heterocycles. The van der Waals surface area contributed by atoms with Gasteiger partial charge in [0.25, 0.3) is 0 Å². The minimum atomic E-state index is -0.139. The highest BCUT2D eigenvalue weighted by atomic mass is 79.9. The van der Waals surface area contributed by atoms with Gasteiger partial charge in [-0.3, -0.25) is 4.79 Å². The molecule has 0 spiro atoms.